The van der Waals surface area contributed by atoms with Crippen molar-refractivity contribution in [1.29, 1.82) is 0 Å². The largest absolute Gasteiger partial charge is 0.497 e. The Morgan fingerprint density at radius 1 is 1.06 bits per heavy atom. The van der Waals surface area contributed by atoms with Crippen LogP contribution < -0.4 is 14.8 Å². The molecule has 2 heterocycles. The summed E-state index contributed by atoms with van der Waals surface area (Å²) in [5.74, 6) is 0.836. The number of H-pyrrole nitrogens is 1. The fourth-order valence-electron chi connectivity index (χ4n) is 3.80. The highest BCUT2D eigenvalue weighted by Gasteiger charge is 2.18. The Balaban J connectivity index is 1.53. The number of methoxy groups -OCH3 is 2. The number of thiophene rings is 1. The van der Waals surface area contributed by atoms with Gasteiger partial charge in [-0.25, -0.2) is 4.79 Å². The number of ether oxygens (including phenoxy) is 3. The number of aromatic amines is 1. The molecule has 0 aliphatic carbocycles. The predicted octanol–water partition coefficient (Wildman–Crippen LogP) is 5.33. The average molecular weight is 479 g/mol. The van der Waals surface area contributed by atoms with Gasteiger partial charge in [0, 0.05) is 29.1 Å². The molecule has 2 N–H and O–H groups in total. The molecule has 4 aromatic rings. The SMILES string of the molecule is CCOC(=O)c1cc2cc(-c3csc(C(=O)NCc4ccc(OC)cc4OC)c3C)ccc2[nH]1. The molecular formula is C26H26N2O5S. The summed E-state index contributed by atoms with van der Waals surface area (Å²) in [6.07, 6.45) is 0. The summed E-state index contributed by atoms with van der Waals surface area (Å²) in [5.41, 5.74) is 5.01. The molecule has 1 amide bonds. The van der Waals surface area contributed by atoms with Gasteiger partial charge in [0.05, 0.1) is 25.7 Å². The third-order valence-electron chi connectivity index (χ3n) is 5.61. The van der Waals surface area contributed by atoms with Crippen molar-refractivity contribution < 1.29 is 23.8 Å². The van der Waals surface area contributed by atoms with Crippen LogP contribution in [0.1, 0.15) is 38.2 Å². The maximum atomic E-state index is 12.9. The van der Waals surface area contributed by atoms with E-state index in [1.807, 2.05) is 42.6 Å². The van der Waals surface area contributed by atoms with Gasteiger partial charge in [0.15, 0.2) is 0 Å². The second-order valence-corrected chi connectivity index (χ2v) is 8.55. The van der Waals surface area contributed by atoms with Gasteiger partial charge in [-0.1, -0.05) is 6.07 Å². The standard InChI is InChI=1S/C26H26N2O5S/c1-5-33-26(30)22-11-18-10-16(7-9-21(18)28-22)20-14-34-24(15(20)2)25(29)27-13-17-6-8-19(31-3)12-23(17)32-4/h6-12,14,28H,5,13H2,1-4H3,(H,27,29). The molecule has 0 aliphatic rings. The quantitative estimate of drug-likeness (QED) is 0.334. The zero-order chi connectivity index (χ0) is 24.2. The summed E-state index contributed by atoms with van der Waals surface area (Å²) in [6, 6.07) is 13.2. The van der Waals surface area contributed by atoms with Gasteiger partial charge in [0.1, 0.15) is 17.2 Å². The summed E-state index contributed by atoms with van der Waals surface area (Å²) >= 11 is 1.41. The molecule has 7 nitrogen and oxygen atoms in total. The van der Waals surface area contributed by atoms with Crippen LogP contribution in [-0.2, 0) is 11.3 Å². The maximum absolute atomic E-state index is 12.9. The highest BCUT2D eigenvalue weighted by Crippen LogP contribution is 2.33. The summed E-state index contributed by atoms with van der Waals surface area (Å²) in [7, 11) is 3.19. The molecule has 4 rings (SSSR count). The minimum absolute atomic E-state index is 0.140. The number of carbonyl (C=O) groups is 2. The Hall–Kier alpha value is -3.78. The molecule has 0 saturated carbocycles. The molecule has 0 fully saturated rings. The van der Waals surface area contributed by atoms with Gasteiger partial charge in [-0.2, -0.15) is 0 Å². The van der Waals surface area contributed by atoms with Crippen LogP contribution in [0.5, 0.6) is 11.5 Å². The van der Waals surface area contributed by atoms with E-state index >= 15 is 0 Å². The van der Waals surface area contributed by atoms with Gasteiger partial charge in [0.25, 0.3) is 5.91 Å². The molecule has 34 heavy (non-hydrogen) atoms. The van der Waals surface area contributed by atoms with E-state index < -0.39 is 0 Å². The van der Waals surface area contributed by atoms with Crippen LogP contribution in [-0.4, -0.2) is 37.7 Å². The first-order valence-corrected chi connectivity index (χ1v) is 11.7. The predicted molar refractivity (Wildman–Crippen MR) is 133 cm³/mol. The lowest BCUT2D eigenvalue weighted by atomic mass is 10.0. The normalized spacial score (nSPS) is 10.8. The average Bonchev–Trinajstić information content (AvgIpc) is 3.45. The number of rotatable bonds is 8. The number of hydrogen-bond acceptors (Lipinski definition) is 6. The second kappa shape index (κ2) is 10.0. The lowest BCUT2D eigenvalue weighted by Crippen LogP contribution is -2.22. The van der Waals surface area contributed by atoms with Crippen LogP contribution in [0, 0.1) is 6.92 Å². The van der Waals surface area contributed by atoms with Crippen molar-refractivity contribution in [2.45, 2.75) is 20.4 Å². The van der Waals surface area contributed by atoms with E-state index in [1.54, 1.807) is 33.3 Å². The molecule has 0 unspecified atom stereocenters. The number of esters is 1. The smallest absolute Gasteiger partial charge is 0.354 e. The molecule has 8 heteroatoms. The van der Waals surface area contributed by atoms with Gasteiger partial charge in [0.2, 0.25) is 0 Å². The van der Waals surface area contributed by atoms with Crippen molar-refractivity contribution in [3.8, 4) is 22.6 Å². The molecule has 0 atom stereocenters. The Bertz CT molecular complexity index is 1350. The molecule has 0 saturated heterocycles. The van der Waals surface area contributed by atoms with Gasteiger partial charge >= 0.3 is 5.97 Å². The maximum Gasteiger partial charge on any atom is 0.354 e. The van der Waals surface area contributed by atoms with E-state index in [9.17, 15) is 9.59 Å². The first-order chi connectivity index (χ1) is 16.4. The van der Waals surface area contributed by atoms with E-state index in [-0.39, 0.29) is 11.9 Å². The van der Waals surface area contributed by atoms with Crippen molar-refractivity contribution in [3.05, 3.63) is 69.5 Å². The van der Waals surface area contributed by atoms with Crippen molar-refractivity contribution in [1.82, 2.24) is 10.3 Å². The Kier molecular flexibility index (Phi) is 6.88. The van der Waals surface area contributed by atoms with Gasteiger partial charge < -0.3 is 24.5 Å². The van der Waals surface area contributed by atoms with Crippen LogP contribution in [0.4, 0.5) is 0 Å². The van der Waals surface area contributed by atoms with Crippen LogP contribution in [0.25, 0.3) is 22.0 Å². The molecule has 176 valence electrons. The molecular weight excluding hydrogens is 452 g/mol. The Morgan fingerprint density at radius 3 is 2.62 bits per heavy atom. The van der Waals surface area contributed by atoms with Crippen molar-refractivity contribution in [2.75, 3.05) is 20.8 Å². The number of aromatic nitrogens is 1. The summed E-state index contributed by atoms with van der Waals surface area (Å²) in [4.78, 5) is 28.7. The van der Waals surface area contributed by atoms with Crippen molar-refractivity contribution >= 4 is 34.1 Å². The molecule has 0 bridgehead atoms. The number of benzene rings is 2. The molecule has 0 radical (unpaired) electrons. The van der Waals surface area contributed by atoms with E-state index in [2.05, 4.69) is 10.3 Å². The topological polar surface area (TPSA) is 89.7 Å². The fourth-order valence-corrected chi connectivity index (χ4v) is 4.81. The molecule has 0 aliphatic heterocycles. The number of amides is 1. The molecule has 2 aromatic carbocycles. The zero-order valence-corrected chi connectivity index (χ0v) is 20.3. The van der Waals surface area contributed by atoms with Crippen LogP contribution in [0.15, 0.2) is 47.8 Å². The van der Waals surface area contributed by atoms with E-state index in [0.717, 1.165) is 33.2 Å². The van der Waals surface area contributed by atoms with E-state index in [0.29, 0.717) is 35.2 Å². The van der Waals surface area contributed by atoms with E-state index in [4.69, 9.17) is 14.2 Å². The van der Waals surface area contributed by atoms with Crippen molar-refractivity contribution in [2.24, 2.45) is 0 Å². The van der Waals surface area contributed by atoms with Crippen molar-refractivity contribution in [3.63, 3.8) is 0 Å². The summed E-state index contributed by atoms with van der Waals surface area (Å²) < 4.78 is 15.7. The summed E-state index contributed by atoms with van der Waals surface area (Å²) in [5, 5.41) is 5.88. The zero-order valence-electron chi connectivity index (χ0n) is 19.5. The minimum Gasteiger partial charge on any atom is -0.497 e. The minimum atomic E-state index is -0.376. The monoisotopic (exact) mass is 478 g/mol. The number of nitrogens with one attached hydrogen (secondary N) is 2. The lowest BCUT2D eigenvalue weighted by Gasteiger charge is -2.11. The highest BCUT2D eigenvalue weighted by atomic mass is 32.1. The lowest BCUT2D eigenvalue weighted by molar-refractivity contribution is 0.0520. The van der Waals surface area contributed by atoms with Gasteiger partial charge in [-0.3, -0.25) is 4.79 Å². The Morgan fingerprint density at radius 2 is 1.88 bits per heavy atom. The number of carbonyl (C=O) groups excluding carboxylic acids is 2. The highest BCUT2D eigenvalue weighted by molar-refractivity contribution is 7.12. The third-order valence-corrected chi connectivity index (χ3v) is 6.69. The van der Waals surface area contributed by atoms with Crippen LogP contribution >= 0.6 is 11.3 Å². The van der Waals surface area contributed by atoms with E-state index in [1.165, 1.54) is 11.3 Å². The second-order valence-electron chi connectivity index (χ2n) is 7.67. The van der Waals surface area contributed by atoms with Crippen LogP contribution in [0.3, 0.4) is 0 Å². The number of fused-ring (bicyclic) bond motifs is 1. The number of hydrogen-bond donors (Lipinski definition) is 2. The first kappa shape index (κ1) is 23.4. The fraction of sp³-hybridized carbons (Fsp3) is 0.231. The molecule has 2 aromatic heterocycles. The van der Waals surface area contributed by atoms with Gasteiger partial charge in [-0.05, 0) is 66.2 Å². The Labute approximate surface area is 201 Å². The summed E-state index contributed by atoms with van der Waals surface area (Å²) in [6.45, 7) is 4.38. The third kappa shape index (κ3) is 4.63. The molecule has 0 spiro atoms. The first-order valence-electron chi connectivity index (χ1n) is 10.8. The van der Waals surface area contributed by atoms with Gasteiger partial charge in [-0.15, -0.1) is 11.3 Å². The van der Waals surface area contributed by atoms with Crippen LogP contribution in [0.2, 0.25) is 0 Å².